The quantitative estimate of drug-likeness (QED) is 0.735. The fourth-order valence-electron chi connectivity index (χ4n) is 1.31. The van der Waals surface area contributed by atoms with Gasteiger partial charge in [-0.1, -0.05) is 19.1 Å². The Morgan fingerprint density at radius 3 is 2.62 bits per heavy atom. The number of benzene rings is 1. The van der Waals surface area contributed by atoms with Crippen LogP contribution in [-0.4, -0.2) is 12.4 Å². The molecule has 0 saturated heterocycles. The zero-order valence-corrected chi connectivity index (χ0v) is 9.40. The number of hydrogen-bond donors (Lipinski definition) is 0. The lowest BCUT2D eigenvalue weighted by molar-refractivity contribution is -0.121. The first-order valence-corrected chi connectivity index (χ1v) is 5.36. The summed E-state index contributed by atoms with van der Waals surface area (Å²) < 4.78 is 5.32. The number of hydrogen-bond acceptors (Lipinski definition) is 3. The average Bonchev–Trinajstić information content (AvgIpc) is 2.29. The highest BCUT2D eigenvalue weighted by Crippen LogP contribution is 2.12. The first kappa shape index (κ1) is 12.3. The second-order valence-electron chi connectivity index (χ2n) is 3.56. The second kappa shape index (κ2) is 6.62. The number of ether oxygens (including phenoxy) is 1. The number of rotatable bonds is 6. The third-order valence-electron chi connectivity index (χ3n) is 2.14. The number of carbonyl (C=O) groups is 1. The van der Waals surface area contributed by atoms with Crippen molar-refractivity contribution in [1.29, 1.82) is 5.26 Å². The molecule has 16 heavy (non-hydrogen) atoms. The van der Waals surface area contributed by atoms with Crippen LogP contribution in [0.5, 0.6) is 5.75 Å². The van der Waals surface area contributed by atoms with Crippen molar-refractivity contribution in [1.82, 2.24) is 0 Å². The lowest BCUT2D eigenvalue weighted by Crippen LogP contribution is -2.10. The fourth-order valence-corrected chi connectivity index (χ4v) is 1.31. The lowest BCUT2D eigenvalue weighted by Gasteiger charge is -2.05. The van der Waals surface area contributed by atoms with Gasteiger partial charge in [-0.3, -0.25) is 4.79 Å². The molecule has 0 aliphatic carbocycles. The summed E-state index contributed by atoms with van der Waals surface area (Å²) in [4.78, 5) is 11.2. The first-order valence-electron chi connectivity index (χ1n) is 5.36. The summed E-state index contributed by atoms with van der Waals surface area (Å²) in [6.45, 7) is 2.10. The van der Waals surface area contributed by atoms with Gasteiger partial charge in [0.15, 0.2) is 5.78 Å². The van der Waals surface area contributed by atoms with Crippen LogP contribution in [0.3, 0.4) is 0 Å². The van der Waals surface area contributed by atoms with Gasteiger partial charge in [-0.05, 0) is 24.1 Å². The third-order valence-corrected chi connectivity index (χ3v) is 2.14. The predicted octanol–water partition coefficient (Wildman–Crippen LogP) is 2.50. The van der Waals surface area contributed by atoms with Crippen molar-refractivity contribution in [3.8, 4) is 11.8 Å². The van der Waals surface area contributed by atoms with Crippen LogP contribution in [0.15, 0.2) is 24.3 Å². The van der Waals surface area contributed by atoms with Crippen molar-refractivity contribution in [3.05, 3.63) is 29.8 Å². The van der Waals surface area contributed by atoms with E-state index in [1.807, 2.05) is 19.1 Å². The van der Waals surface area contributed by atoms with Gasteiger partial charge in [-0.25, -0.2) is 0 Å². The van der Waals surface area contributed by atoms with E-state index in [4.69, 9.17) is 10.00 Å². The van der Waals surface area contributed by atoms with Gasteiger partial charge < -0.3 is 4.74 Å². The van der Waals surface area contributed by atoms with Crippen LogP contribution in [0.1, 0.15) is 25.3 Å². The zero-order chi connectivity index (χ0) is 11.8. The van der Waals surface area contributed by atoms with E-state index in [0.717, 1.165) is 12.0 Å². The molecule has 0 saturated carbocycles. The molecule has 0 atom stereocenters. The van der Waals surface area contributed by atoms with Crippen molar-refractivity contribution < 1.29 is 9.53 Å². The third kappa shape index (κ3) is 4.14. The molecule has 0 spiro atoms. The molecule has 0 radical (unpaired) electrons. The van der Waals surface area contributed by atoms with Gasteiger partial charge in [-0.2, -0.15) is 5.26 Å². The van der Waals surface area contributed by atoms with E-state index in [9.17, 15) is 4.79 Å². The van der Waals surface area contributed by atoms with Gasteiger partial charge in [-0.15, -0.1) is 0 Å². The van der Waals surface area contributed by atoms with Crippen LogP contribution in [-0.2, 0) is 11.2 Å². The molecular weight excluding hydrogens is 202 g/mol. The van der Waals surface area contributed by atoms with Crippen molar-refractivity contribution in [2.75, 3.05) is 6.61 Å². The average molecular weight is 217 g/mol. The monoisotopic (exact) mass is 217 g/mol. The molecule has 84 valence electrons. The SMILES string of the molecule is CCCC(=O)COc1ccc(CC#N)cc1. The van der Waals surface area contributed by atoms with Crippen molar-refractivity contribution >= 4 is 5.78 Å². The molecule has 0 unspecified atom stereocenters. The summed E-state index contributed by atoms with van der Waals surface area (Å²) in [5, 5.41) is 8.50. The Balaban J connectivity index is 2.43. The van der Waals surface area contributed by atoms with E-state index in [0.29, 0.717) is 18.6 Å². The van der Waals surface area contributed by atoms with Gasteiger partial charge in [0.05, 0.1) is 12.5 Å². The Labute approximate surface area is 95.7 Å². The van der Waals surface area contributed by atoms with E-state index < -0.39 is 0 Å². The molecule has 1 aromatic carbocycles. The van der Waals surface area contributed by atoms with Gasteiger partial charge in [0.1, 0.15) is 12.4 Å². The summed E-state index contributed by atoms with van der Waals surface area (Å²) in [5.74, 6) is 0.787. The number of Topliss-reactive ketones (excluding diaryl/α,β-unsaturated/α-hetero) is 1. The molecule has 0 aromatic heterocycles. The van der Waals surface area contributed by atoms with Gasteiger partial charge >= 0.3 is 0 Å². The molecule has 0 aliphatic heterocycles. The minimum Gasteiger partial charge on any atom is -0.486 e. The number of carbonyl (C=O) groups excluding carboxylic acids is 1. The van der Waals surface area contributed by atoms with Crippen LogP contribution < -0.4 is 4.74 Å². The highest BCUT2D eigenvalue weighted by molar-refractivity contribution is 5.79. The fraction of sp³-hybridized carbons (Fsp3) is 0.385. The summed E-state index contributed by atoms with van der Waals surface area (Å²) in [6.07, 6.45) is 1.81. The Morgan fingerprint density at radius 1 is 1.38 bits per heavy atom. The van der Waals surface area contributed by atoms with E-state index in [1.54, 1.807) is 12.1 Å². The normalized spacial score (nSPS) is 9.50. The topological polar surface area (TPSA) is 50.1 Å². The summed E-state index contributed by atoms with van der Waals surface area (Å²) in [6, 6.07) is 9.32. The van der Waals surface area contributed by atoms with Gasteiger partial charge in [0, 0.05) is 6.42 Å². The number of nitriles is 1. The molecule has 0 fully saturated rings. The molecule has 0 bridgehead atoms. The molecule has 1 rings (SSSR count). The Kier molecular flexibility index (Phi) is 5.07. The minimum atomic E-state index is 0.114. The van der Waals surface area contributed by atoms with Crippen LogP contribution in [0.4, 0.5) is 0 Å². The molecule has 0 aliphatic rings. The van der Waals surface area contributed by atoms with Crippen molar-refractivity contribution in [2.45, 2.75) is 26.2 Å². The Hall–Kier alpha value is -1.82. The maximum atomic E-state index is 11.2. The first-order chi connectivity index (χ1) is 7.76. The molecule has 0 amide bonds. The Morgan fingerprint density at radius 2 is 2.06 bits per heavy atom. The van der Waals surface area contributed by atoms with E-state index in [2.05, 4.69) is 6.07 Å². The van der Waals surface area contributed by atoms with Crippen LogP contribution in [0.25, 0.3) is 0 Å². The number of nitrogens with zero attached hydrogens (tertiary/aromatic N) is 1. The zero-order valence-electron chi connectivity index (χ0n) is 9.40. The van der Waals surface area contributed by atoms with Crippen molar-refractivity contribution in [3.63, 3.8) is 0 Å². The smallest absolute Gasteiger partial charge is 0.170 e. The second-order valence-corrected chi connectivity index (χ2v) is 3.56. The standard InChI is InChI=1S/C13H15NO2/c1-2-3-12(15)10-16-13-6-4-11(5-7-13)8-9-14/h4-7H,2-3,8,10H2,1H3. The molecular formula is C13H15NO2. The van der Waals surface area contributed by atoms with Crippen LogP contribution >= 0.6 is 0 Å². The highest BCUT2D eigenvalue weighted by Gasteiger charge is 2.01. The maximum absolute atomic E-state index is 11.2. The minimum absolute atomic E-state index is 0.114. The molecule has 3 nitrogen and oxygen atoms in total. The summed E-state index contributed by atoms with van der Waals surface area (Å²) >= 11 is 0. The molecule has 1 aromatic rings. The molecule has 3 heteroatoms. The van der Waals surface area contributed by atoms with Crippen molar-refractivity contribution in [2.24, 2.45) is 0 Å². The summed E-state index contributed by atoms with van der Waals surface area (Å²) in [5.41, 5.74) is 0.953. The van der Waals surface area contributed by atoms with Gasteiger partial charge in [0.25, 0.3) is 0 Å². The molecule has 0 N–H and O–H groups in total. The highest BCUT2D eigenvalue weighted by atomic mass is 16.5. The van der Waals surface area contributed by atoms with Crippen LogP contribution in [0, 0.1) is 11.3 Å². The van der Waals surface area contributed by atoms with Crippen LogP contribution in [0.2, 0.25) is 0 Å². The maximum Gasteiger partial charge on any atom is 0.170 e. The van der Waals surface area contributed by atoms with Gasteiger partial charge in [0.2, 0.25) is 0 Å². The number of ketones is 1. The largest absolute Gasteiger partial charge is 0.486 e. The summed E-state index contributed by atoms with van der Waals surface area (Å²) in [7, 11) is 0. The van der Waals surface area contributed by atoms with E-state index in [-0.39, 0.29) is 12.4 Å². The van der Waals surface area contributed by atoms with E-state index in [1.165, 1.54) is 0 Å². The predicted molar refractivity (Wildman–Crippen MR) is 61.2 cm³/mol. The van der Waals surface area contributed by atoms with E-state index >= 15 is 0 Å². The lowest BCUT2D eigenvalue weighted by atomic mass is 10.2. The molecule has 0 heterocycles. The Bertz CT molecular complexity index is 376.